The molecule has 0 saturated heterocycles. The molecule has 1 atom stereocenters. The summed E-state index contributed by atoms with van der Waals surface area (Å²) in [5, 5.41) is 4.12. The SMILES string of the molecule is CC(C)C(NS(=O)(=O)c1cccs1)C(=O)Nc1ccc2c(c1)OC(F)(F)O2. The highest BCUT2D eigenvalue weighted by Gasteiger charge is 2.43. The first-order valence-corrected chi connectivity index (χ1v) is 10.2. The number of carbonyl (C=O) groups is 1. The number of amides is 1. The fourth-order valence-electron chi connectivity index (χ4n) is 2.38. The average Bonchev–Trinajstić information content (AvgIpc) is 3.18. The lowest BCUT2D eigenvalue weighted by Gasteiger charge is -2.21. The standard InChI is InChI=1S/C16H16F2N2O5S2/c1-9(2)14(20-27(22,23)13-4-3-7-26-13)15(21)19-10-5-6-11-12(8-10)25-16(17,18)24-11/h3-9,14,20H,1-2H3,(H,19,21). The quantitative estimate of drug-likeness (QED) is 0.752. The Morgan fingerprint density at radius 3 is 2.52 bits per heavy atom. The zero-order chi connectivity index (χ0) is 19.8. The number of fused-ring (bicyclic) bond motifs is 1. The van der Waals surface area contributed by atoms with Gasteiger partial charge in [0.25, 0.3) is 10.0 Å². The minimum absolute atomic E-state index is 0.0891. The summed E-state index contributed by atoms with van der Waals surface area (Å²) in [5.74, 6) is -1.37. The Hall–Kier alpha value is -2.24. The fourth-order valence-corrected chi connectivity index (χ4v) is 4.73. The Kier molecular flexibility index (Phi) is 5.10. The summed E-state index contributed by atoms with van der Waals surface area (Å²) in [7, 11) is -3.86. The molecule has 0 saturated carbocycles. The molecule has 7 nitrogen and oxygen atoms in total. The minimum Gasteiger partial charge on any atom is -0.395 e. The van der Waals surface area contributed by atoms with Crippen molar-refractivity contribution in [1.29, 1.82) is 0 Å². The largest absolute Gasteiger partial charge is 0.586 e. The summed E-state index contributed by atoms with van der Waals surface area (Å²) in [4.78, 5) is 12.6. The number of hydrogen-bond acceptors (Lipinski definition) is 6. The lowest BCUT2D eigenvalue weighted by atomic mass is 10.0. The Labute approximate surface area is 158 Å². The van der Waals surface area contributed by atoms with Gasteiger partial charge in [0, 0.05) is 11.8 Å². The Bertz CT molecular complexity index is 946. The van der Waals surface area contributed by atoms with Crippen LogP contribution in [0.5, 0.6) is 11.5 Å². The van der Waals surface area contributed by atoms with Crippen molar-refractivity contribution in [1.82, 2.24) is 4.72 Å². The normalized spacial score (nSPS) is 16.3. The summed E-state index contributed by atoms with van der Waals surface area (Å²) < 4.78 is 62.0. The summed E-state index contributed by atoms with van der Waals surface area (Å²) in [6.45, 7) is 3.36. The number of thiophene rings is 1. The van der Waals surface area contributed by atoms with Crippen molar-refractivity contribution < 1.29 is 31.5 Å². The summed E-state index contributed by atoms with van der Waals surface area (Å²) in [5.41, 5.74) is 0.168. The molecular formula is C16H16F2N2O5S2. The van der Waals surface area contributed by atoms with Crippen LogP contribution in [0.15, 0.2) is 39.9 Å². The van der Waals surface area contributed by atoms with Crippen LogP contribution < -0.4 is 19.5 Å². The minimum atomic E-state index is -3.86. The molecule has 0 aliphatic carbocycles. The van der Waals surface area contributed by atoms with Crippen LogP contribution in [0.2, 0.25) is 0 Å². The van der Waals surface area contributed by atoms with Crippen LogP contribution in [0.3, 0.4) is 0 Å². The van der Waals surface area contributed by atoms with Gasteiger partial charge in [-0.05, 0) is 29.5 Å². The van der Waals surface area contributed by atoms with Crippen LogP contribution in [0, 0.1) is 5.92 Å². The van der Waals surface area contributed by atoms with E-state index >= 15 is 0 Å². The highest BCUT2D eigenvalue weighted by molar-refractivity contribution is 7.91. The monoisotopic (exact) mass is 418 g/mol. The van der Waals surface area contributed by atoms with E-state index in [9.17, 15) is 22.0 Å². The number of ether oxygens (including phenoxy) is 2. The number of anilines is 1. The first-order chi connectivity index (χ1) is 12.6. The maximum Gasteiger partial charge on any atom is 0.586 e. The highest BCUT2D eigenvalue weighted by atomic mass is 32.2. The molecule has 0 radical (unpaired) electrons. The molecule has 1 aliphatic heterocycles. The first-order valence-electron chi connectivity index (χ1n) is 7.84. The number of hydrogen-bond donors (Lipinski definition) is 2. The zero-order valence-corrected chi connectivity index (χ0v) is 15.9. The second-order valence-corrected chi connectivity index (χ2v) is 8.98. The number of halogens is 2. The summed E-state index contributed by atoms with van der Waals surface area (Å²) >= 11 is 1.03. The molecule has 0 spiro atoms. The molecule has 2 aromatic rings. The maximum absolute atomic E-state index is 13.1. The number of sulfonamides is 1. The Morgan fingerprint density at radius 1 is 1.19 bits per heavy atom. The van der Waals surface area contributed by atoms with E-state index in [4.69, 9.17) is 0 Å². The van der Waals surface area contributed by atoms with Crippen molar-refractivity contribution in [3.63, 3.8) is 0 Å². The van der Waals surface area contributed by atoms with Gasteiger partial charge in [0.15, 0.2) is 11.5 Å². The third kappa shape index (κ3) is 4.37. The fraction of sp³-hybridized carbons (Fsp3) is 0.312. The second-order valence-electron chi connectivity index (χ2n) is 6.09. The number of nitrogens with one attached hydrogen (secondary N) is 2. The predicted molar refractivity (Wildman–Crippen MR) is 94.5 cm³/mol. The molecule has 11 heteroatoms. The molecule has 27 heavy (non-hydrogen) atoms. The molecule has 2 N–H and O–H groups in total. The van der Waals surface area contributed by atoms with E-state index in [1.54, 1.807) is 25.3 Å². The number of rotatable bonds is 6. The lowest BCUT2D eigenvalue weighted by Crippen LogP contribution is -2.46. The summed E-state index contributed by atoms with van der Waals surface area (Å²) in [6.07, 6.45) is -3.76. The topological polar surface area (TPSA) is 93.7 Å². The third-order valence-corrected chi connectivity index (χ3v) is 6.50. The molecule has 1 aliphatic rings. The average molecular weight is 418 g/mol. The van der Waals surface area contributed by atoms with Gasteiger partial charge in [-0.2, -0.15) is 4.72 Å². The van der Waals surface area contributed by atoms with Crippen molar-refractivity contribution >= 4 is 33.0 Å². The first kappa shape index (κ1) is 19.5. The van der Waals surface area contributed by atoms with Gasteiger partial charge in [0.1, 0.15) is 10.3 Å². The van der Waals surface area contributed by atoms with Crippen LogP contribution >= 0.6 is 11.3 Å². The Morgan fingerprint density at radius 2 is 1.89 bits per heavy atom. The molecule has 1 unspecified atom stereocenters. The third-order valence-electron chi connectivity index (χ3n) is 3.66. The number of carbonyl (C=O) groups excluding carboxylic acids is 1. The molecule has 1 aromatic heterocycles. The van der Waals surface area contributed by atoms with Gasteiger partial charge in [-0.3, -0.25) is 4.79 Å². The molecule has 0 bridgehead atoms. The van der Waals surface area contributed by atoms with E-state index in [2.05, 4.69) is 19.5 Å². The van der Waals surface area contributed by atoms with Crippen LogP contribution in [-0.2, 0) is 14.8 Å². The van der Waals surface area contributed by atoms with E-state index < -0.39 is 28.3 Å². The van der Waals surface area contributed by atoms with E-state index in [0.29, 0.717) is 0 Å². The second kappa shape index (κ2) is 7.06. The highest BCUT2D eigenvalue weighted by Crippen LogP contribution is 2.42. The molecule has 1 aromatic carbocycles. The van der Waals surface area contributed by atoms with Gasteiger partial charge in [0.2, 0.25) is 5.91 Å². The molecule has 2 heterocycles. The van der Waals surface area contributed by atoms with Crippen molar-refractivity contribution in [2.24, 2.45) is 5.92 Å². The van der Waals surface area contributed by atoms with Gasteiger partial charge in [-0.25, -0.2) is 8.42 Å². The van der Waals surface area contributed by atoms with Crippen molar-refractivity contribution in [3.8, 4) is 11.5 Å². The van der Waals surface area contributed by atoms with Crippen molar-refractivity contribution in [2.45, 2.75) is 30.4 Å². The van der Waals surface area contributed by atoms with E-state index in [-0.39, 0.29) is 27.3 Å². The van der Waals surface area contributed by atoms with Crippen LogP contribution in [0.25, 0.3) is 0 Å². The Balaban J connectivity index is 1.75. The predicted octanol–water partition coefficient (Wildman–Crippen LogP) is 3.01. The van der Waals surface area contributed by atoms with E-state index in [0.717, 1.165) is 11.3 Å². The maximum atomic E-state index is 13.1. The lowest BCUT2D eigenvalue weighted by molar-refractivity contribution is -0.286. The van der Waals surface area contributed by atoms with E-state index in [1.807, 2.05) is 0 Å². The molecular weight excluding hydrogens is 402 g/mol. The number of benzene rings is 1. The molecule has 0 fully saturated rings. The van der Waals surface area contributed by atoms with E-state index in [1.165, 1.54) is 24.3 Å². The van der Waals surface area contributed by atoms with Crippen LogP contribution in [0.1, 0.15) is 13.8 Å². The van der Waals surface area contributed by atoms with Gasteiger partial charge in [-0.15, -0.1) is 20.1 Å². The molecule has 1 amide bonds. The smallest absolute Gasteiger partial charge is 0.395 e. The number of alkyl halides is 2. The van der Waals surface area contributed by atoms with Gasteiger partial charge in [-0.1, -0.05) is 19.9 Å². The molecule has 146 valence electrons. The van der Waals surface area contributed by atoms with Crippen LogP contribution in [0.4, 0.5) is 14.5 Å². The summed E-state index contributed by atoms with van der Waals surface area (Å²) in [6, 6.07) is 5.72. The van der Waals surface area contributed by atoms with Crippen LogP contribution in [-0.4, -0.2) is 26.7 Å². The van der Waals surface area contributed by atoms with Gasteiger partial charge in [0.05, 0.1) is 0 Å². The zero-order valence-electron chi connectivity index (χ0n) is 14.2. The van der Waals surface area contributed by atoms with Crippen molar-refractivity contribution in [3.05, 3.63) is 35.7 Å². The van der Waals surface area contributed by atoms with Crippen molar-refractivity contribution in [2.75, 3.05) is 5.32 Å². The van der Waals surface area contributed by atoms with Gasteiger partial charge < -0.3 is 14.8 Å². The van der Waals surface area contributed by atoms with Gasteiger partial charge >= 0.3 is 6.29 Å². The molecule has 3 rings (SSSR count).